The Kier molecular flexibility index (Phi) is 5.25. The third-order valence-electron chi connectivity index (χ3n) is 4.19. The number of hydrogen-bond acceptors (Lipinski definition) is 6. The van der Waals surface area contributed by atoms with Crippen LogP contribution in [0.4, 0.5) is 16.7 Å². The lowest BCUT2D eigenvalue weighted by Gasteiger charge is -2.35. The Labute approximate surface area is 160 Å². The molecule has 0 aliphatic carbocycles. The van der Waals surface area contributed by atoms with E-state index in [1.165, 1.54) is 0 Å². The third kappa shape index (κ3) is 4.50. The van der Waals surface area contributed by atoms with E-state index in [-0.39, 0.29) is 6.09 Å². The molecule has 1 amide bonds. The van der Waals surface area contributed by atoms with Crippen LogP contribution < -0.4 is 9.80 Å². The largest absolute Gasteiger partial charge is 0.444 e. The van der Waals surface area contributed by atoms with Crippen LogP contribution in [0.2, 0.25) is 0 Å². The normalized spacial score (nSPS) is 15.0. The van der Waals surface area contributed by atoms with Gasteiger partial charge < -0.3 is 19.4 Å². The van der Waals surface area contributed by atoms with Crippen LogP contribution in [0, 0.1) is 0 Å². The molecule has 0 spiro atoms. The highest BCUT2D eigenvalue weighted by atomic mass is 16.6. The molecule has 1 aliphatic heterocycles. The van der Waals surface area contributed by atoms with Gasteiger partial charge in [0.1, 0.15) is 5.60 Å². The second-order valence-electron chi connectivity index (χ2n) is 7.81. The quantitative estimate of drug-likeness (QED) is 0.824. The fourth-order valence-corrected chi connectivity index (χ4v) is 2.85. The van der Waals surface area contributed by atoms with E-state index in [0.29, 0.717) is 32.1 Å². The van der Waals surface area contributed by atoms with Crippen molar-refractivity contribution in [3.05, 3.63) is 30.3 Å². The topological polar surface area (TPSA) is 66.7 Å². The van der Waals surface area contributed by atoms with Gasteiger partial charge in [0.15, 0.2) is 0 Å². The van der Waals surface area contributed by atoms with Crippen LogP contribution in [0.15, 0.2) is 30.3 Å². The molecular formula is C19H28N6O2. The van der Waals surface area contributed by atoms with E-state index in [1.807, 2.05) is 74.8 Å². The third-order valence-corrected chi connectivity index (χ3v) is 4.19. The average Bonchev–Trinajstić information content (AvgIpc) is 3.07. The zero-order chi connectivity index (χ0) is 19.6. The molecule has 0 saturated carbocycles. The van der Waals surface area contributed by atoms with E-state index in [9.17, 15) is 4.79 Å². The fraction of sp³-hybridized carbons (Fsp3) is 0.526. The van der Waals surface area contributed by atoms with Gasteiger partial charge in [-0.2, -0.15) is 9.67 Å². The smallest absolute Gasteiger partial charge is 0.410 e. The van der Waals surface area contributed by atoms with Gasteiger partial charge in [0.25, 0.3) is 0 Å². The molecule has 0 radical (unpaired) electrons. The zero-order valence-corrected chi connectivity index (χ0v) is 16.7. The van der Waals surface area contributed by atoms with E-state index in [4.69, 9.17) is 9.72 Å². The van der Waals surface area contributed by atoms with E-state index < -0.39 is 5.60 Å². The van der Waals surface area contributed by atoms with E-state index in [2.05, 4.69) is 10.00 Å². The van der Waals surface area contributed by atoms with Crippen LogP contribution in [-0.4, -0.2) is 71.6 Å². The SMILES string of the molecule is CN(C)c1nc(N2CCN(C(=O)OC(C)(C)C)CC2)n(-c2ccccc2)n1. The standard InChI is InChI=1S/C19H28N6O2/c1-19(2,3)27-18(26)24-13-11-23(12-14-24)17-20-16(22(4)5)21-25(17)15-9-7-6-8-10-15/h6-10H,11-14H2,1-5H3. The summed E-state index contributed by atoms with van der Waals surface area (Å²) in [4.78, 5) is 22.8. The van der Waals surface area contributed by atoms with E-state index in [0.717, 1.165) is 11.6 Å². The lowest BCUT2D eigenvalue weighted by molar-refractivity contribution is 0.0240. The second-order valence-corrected chi connectivity index (χ2v) is 7.81. The number of amides is 1. The van der Waals surface area contributed by atoms with Crippen molar-refractivity contribution < 1.29 is 9.53 Å². The van der Waals surface area contributed by atoms with Gasteiger partial charge in [0.2, 0.25) is 11.9 Å². The summed E-state index contributed by atoms with van der Waals surface area (Å²) in [6, 6.07) is 9.96. The molecule has 27 heavy (non-hydrogen) atoms. The molecule has 146 valence electrons. The lowest BCUT2D eigenvalue weighted by Crippen LogP contribution is -2.50. The van der Waals surface area contributed by atoms with Crippen LogP contribution >= 0.6 is 0 Å². The van der Waals surface area contributed by atoms with Gasteiger partial charge in [0.05, 0.1) is 5.69 Å². The molecule has 0 atom stereocenters. The first kappa shape index (κ1) is 19.0. The summed E-state index contributed by atoms with van der Waals surface area (Å²) in [7, 11) is 3.85. The lowest BCUT2D eigenvalue weighted by atomic mass is 10.2. The summed E-state index contributed by atoms with van der Waals surface area (Å²) in [5.74, 6) is 1.44. The fourth-order valence-electron chi connectivity index (χ4n) is 2.85. The Morgan fingerprint density at radius 2 is 1.70 bits per heavy atom. The molecule has 2 heterocycles. The maximum Gasteiger partial charge on any atom is 0.410 e. The molecule has 2 aromatic rings. The molecule has 1 saturated heterocycles. The summed E-state index contributed by atoms with van der Waals surface area (Å²) in [6.07, 6.45) is -0.263. The van der Waals surface area contributed by atoms with Crippen molar-refractivity contribution in [2.45, 2.75) is 26.4 Å². The van der Waals surface area contributed by atoms with E-state index >= 15 is 0 Å². The second kappa shape index (κ2) is 7.46. The molecule has 1 fully saturated rings. The molecular weight excluding hydrogens is 344 g/mol. The number of anilines is 2. The molecule has 0 bridgehead atoms. The van der Waals surface area contributed by atoms with Gasteiger partial charge in [-0.05, 0) is 32.9 Å². The van der Waals surface area contributed by atoms with Crippen molar-refractivity contribution in [3.63, 3.8) is 0 Å². The number of benzene rings is 1. The van der Waals surface area contributed by atoms with Crippen LogP contribution in [-0.2, 0) is 4.74 Å². The van der Waals surface area contributed by atoms with E-state index in [1.54, 1.807) is 4.90 Å². The summed E-state index contributed by atoms with van der Waals surface area (Å²) in [6.45, 7) is 8.18. The highest BCUT2D eigenvalue weighted by molar-refractivity contribution is 5.68. The van der Waals surface area contributed by atoms with Crippen molar-refractivity contribution in [1.29, 1.82) is 0 Å². The minimum atomic E-state index is -0.484. The maximum atomic E-state index is 12.3. The van der Waals surface area contributed by atoms with Crippen molar-refractivity contribution in [1.82, 2.24) is 19.7 Å². The number of carbonyl (C=O) groups is 1. The predicted molar refractivity (Wildman–Crippen MR) is 106 cm³/mol. The highest BCUT2D eigenvalue weighted by Gasteiger charge is 2.28. The van der Waals surface area contributed by atoms with Gasteiger partial charge in [0, 0.05) is 40.3 Å². The number of rotatable bonds is 3. The number of nitrogens with zero attached hydrogens (tertiary/aromatic N) is 6. The number of carbonyl (C=O) groups excluding carboxylic acids is 1. The number of piperazine rings is 1. The molecule has 1 aromatic carbocycles. The number of hydrogen-bond donors (Lipinski definition) is 0. The Hall–Kier alpha value is -2.77. The Morgan fingerprint density at radius 1 is 1.07 bits per heavy atom. The summed E-state index contributed by atoms with van der Waals surface area (Å²) in [5.41, 5.74) is 0.477. The van der Waals surface area contributed by atoms with Crippen LogP contribution in [0.1, 0.15) is 20.8 Å². The monoisotopic (exact) mass is 372 g/mol. The van der Waals surface area contributed by atoms with Crippen LogP contribution in [0.3, 0.4) is 0 Å². The average molecular weight is 372 g/mol. The Morgan fingerprint density at radius 3 is 2.26 bits per heavy atom. The summed E-state index contributed by atoms with van der Waals surface area (Å²) < 4.78 is 7.33. The molecule has 0 unspecified atom stereocenters. The predicted octanol–water partition coefficient (Wildman–Crippen LogP) is 2.39. The molecule has 8 nitrogen and oxygen atoms in total. The van der Waals surface area contributed by atoms with Crippen molar-refractivity contribution in [2.24, 2.45) is 0 Å². The van der Waals surface area contributed by atoms with Crippen LogP contribution in [0.5, 0.6) is 0 Å². The van der Waals surface area contributed by atoms with Gasteiger partial charge in [-0.15, -0.1) is 5.10 Å². The summed E-state index contributed by atoms with van der Waals surface area (Å²) >= 11 is 0. The molecule has 0 N–H and O–H groups in total. The number of ether oxygens (including phenoxy) is 1. The Balaban J connectivity index is 1.77. The van der Waals surface area contributed by atoms with Gasteiger partial charge in [-0.25, -0.2) is 4.79 Å². The van der Waals surface area contributed by atoms with Gasteiger partial charge in [-0.3, -0.25) is 0 Å². The van der Waals surface area contributed by atoms with Crippen molar-refractivity contribution >= 4 is 18.0 Å². The first-order chi connectivity index (χ1) is 12.7. The van der Waals surface area contributed by atoms with Crippen molar-refractivity contribution in [2.75, 3.05) is 50.1 Å². The number of para-hydroxylation sites is 1. The molecule has 1 aromatic heterocycles. The molecule has 3 rings (SSSR count). The minimum Gasteiger partial charge on any atom is -0.444 e. The number of aromatic nitrogens is 3. The first-order valence-electron chi connectivity index (χ1n) is 9.17. The van der Waals surface area contributed by atoms with Gasteiger partial charge >= 0.3 is 6.09 Å². The molecule has 1 aliphatic rings. The Bertz CT molecular complexity index is 773. The molecule has 8 heteroatoms. The first-order valence-corrected chi connectivity index (χ1v) is 9.17. The highest BCUT2D eigenvalue weighted by Crippen LogP contribution is 2.22. The van der Waals surface area contributed by atoms with Gasteiger partial charge in [-0.1, -0.05) is 18.2 Å². The van der Waals surface area contributed by atoms with Crippen LogP contribution in [0.25, 0.3) is 5.69 Å². The summed E-state index contributed by atoms with van der Waals surface area (Å²) in [5, 5.41) is 4.64. The minimum absolute atomic E-state index is 0.263. The maximum absolute atomic E-state index is 12.3. The zero-order valence-electron chi connectivity index (χ0n) is 16.7. The van der Waals surface area contributed by atoms with Crippen molar-refractivity contribution in [3.8, 4) is 5.69 Å².